The SMILES string of the molecule is OC(CN1CCN(CC2COc3ccccc3O2)CC1)Cn1cnc2ccccc21. The minimum absolute atomic E-state index is 0.0616. The number of rotatable bonds is 6. The second-order valence-corrected chi connectivity index (χ2v) is 8.14. The lowest BCUT2D eigenvalue weighted by molar-refractivity contribution is 0.0278. The number of fused-ring (bicyclic) bond motifs is 2. The minimum Gasteiger partial charge on any atom is -0.486 e. The maximum atomic E-state index is 10.6. The first-order valence-electron chi connectivity index (χ1n) is 10.7. The Labute approximate surface area is 176 Å². The van der Waals surface area contributed by atoms with Gasteiger partial charge < -0.3 is 19.1 Å². The van der Waals surface area contributed by atoms with E-state index in [-0.39, 0.29) is 6.10 Å². The summed E-state index contributed by atoms with van der Waals surface area (Å²) in [6, 6.07) is 15.9. The Kier molecular flexibility index (Phi) is 5.57. The standard InChI is InChI=1S/C23H28N4O3/c28-18(14-27-17-24-20-5-1-2-6-21(20)27)13-25-9-11-26(12-10-25)15-19-16-29-22-7-3-4-8-23(22)30-19/h1-8,17-19,28H,9-16H2. The zero-order valence-electron chi connectivity index (χ0n) is 17.1. The molecule has 5 rings (SSSR count). The number of benzene rings is 2. The van der Waals surface area contributed by atoms with E-state index in [9.17, 15) is 5.11 Å². The molecule has 3 aromatic rings. The number of aromatic nitrogens is 2. The molecule has 1 N–H and O–H groups in total. The van der Waals surface area contributed by atoms with E-state index < -0.39 is 6.10 Å². The molecular weight excluding hydrogens is 380 g/mol. The van der Waals surface area contributed by atoms with E-state index in [1.807, 2.05) is 59.4 Å². The third kappa shape index (κ3) is 4.28. The van der Waals surface area contributed by atoms with Crippen LogP contribution < -0.4 is 9.47 Å². The maximum absolute atomic E-state index is 10.6. The van der Waals surface area contributed by atoms with Gasteiger partial charge in [-0.25, -0.2) is 4.98 Å². The Hall–Kier alpha value is -2.61. The van der Waals surface area contributed by atoms with Gasteiger partial charge in [0.05, 0.1) is 30.0 Å². The van der Waals surface area contributed by atoms with Gasteiger partial charge in [-0.05, 0) is 24.3 Å². The van der Waals surface area contributed by atoms with Crippen molar-refractivity contribution in [1.29, 1.82) is 0 Å². The first-order valence-corrected chi connectivity index (χ1v) is 10.7. The topological polar surface area (TPSA) is 63.0 Å². The quantitative estimate of drug-likeness (QED) is 0.672. The van der Waals surface area contributed by atoms with Gasteiger partial charge >= 0.3 is 0 Å². The highest BCUT2D eigenvalue weighted by atomic mass is 16.6. The molecule has 2 aliphatic rings. The highest BCUT2D eigenvalue weighted by Gasteiger charge is 2.26. The molecule has 7 heteroatoms. The van der Waals surface area contributed by atoms with Crippen LogP contribution in [0.4, 0.5) is 0 Å². The molecule has 7 nitrogen and oxygen atoms in total. The normalized spacial score (nSPS) is 21.0. The van der Waals surface area contributed by atoms with E-state index >= 15 is 0 Å². The van der Waals surface area contributed by atoms with E-state index in [0.29, 0.717) is 19.7 Å². The van der Waals surface area contributed by atoms with Crippen LogP contribution in [0.15, 0.2) is 54.9 Å². The molecular formula is C23H28N4O3. The van der Waals surface area contributed by atoms with Gasteiger partial charge in [0.15, 0.2) is 11.5 Å². The van der Waals surface area contributed by atoms with Crippen LogP contribution in [0, 0.1) is 0 Å². The Balaban J connectivity index is 1.08. The molecule has 30 heavy (non-hydrogen) atoms. The number of nitrogens with zero attached hydrogens (tertiary/aromatic N) is 4. The summed E-state index contributed by atoms with van der Waals surface area (Å²) in [5.74, 6) is 1.67. The van der Waals surface area contributed by atoms with Crippen molar-refractivity contribution in [2.75, 3.05) is 45.9 Å². The second kappa shape index (κ2) is 8.63. The number of β-amino-alcohol motifs (C(OH)–C–C–N with tert-alkyl or cyclic N) is 1. The van der Waals surface area contributed by atoms with Crippen LogP contribution in [0.25, 0.3) is 11.0 Å². The van der Waals surface area contributed by atoms with Crippen molar-refractivity contribution in [1.82, 2.24) is 19.4 Å². The molecule has 0 radical (unpaired) electrons. The number of aliphatic hydroxyl groups excluding tert-OH is 1. The predicted molar refractivity (Wildman–Crippen MR) is 115 cm³/mol. The number of piperazine rings is 1. The van der Waals surface area contributed by atoms with E-state index in [4.69, 9.17) is 9.47 Å². The first-order chi connectivity index (χ1) is 14.7. The number of para-hydroxylation sites is 4. The average Bonchev–Trinajstić information content (AvgIpc) is 3.18. The molecule has 0 saturated carbocycles. The van der Waals surface area contributed by atoms with Crippen LogP contribution in [-0.4, -0.2) is 82.5 Å². The Morgan fingerprint density at radius 2 is 1.67 bits per heavy atom. The Morgan fingerprint density at radius 1 is 0.933 bits per heavy atom. The number of hydrogen-bond donors (Lipinski definition) is 1. The molecule has 1 fully saturated rings. The number of hydrogen-bond acceptors (Lipinski definition) is 6. The zero-order valence-corrected chi connectivity index (χ0v) is 17.1. The molecule has 1 aromatic heterocycles. The average molecular weight is 409 g/mol. The largest absolute Gasteiger partial charge is 0.486 e. The lowest BCUT2D eigenvalue weighted by atomic mass is 10.2. The number of aliphatic hydroxyl groups is 1. The van der Waals surface area contributed by atoms with E-state index in [0.717, 1.165) is 55.3 Å². The second-order valence-electron chi connectivity index (χ2n) is 8.14. The highest BCUT2D eigenvalue weighted by Crippen LogP contribution is 2.31. The van der Waals surface area contributed by atoms with E-state index in [1.54, 1.807) is 0 Å². The fraction of sp³-hybridized carbons (Fsp3) is 0.435. The van der Waals surface area contributed by atoms with E-state index in [1.165, 1.54) is 0 Å². The van der Waals surface area contributed by atoms with Crippen molar-refractivity contribution in [3.63, 3.8) is 0 Å². The van der Waals surface area contributed by atoms with Gasteiger partial charge in [0.25, 0.3) is 0 Å². The molecule has 2 aromatic carbocycles. The summed E-state index contributed by atoms with van der Waals surface area (Å²) in [5.41, 5.74) is 2.03. The summed E-state index contributed by atoms with van der Waals surface area (Å²) >= 11 is 0. The van der Waals surface area contributed by atoms with Gasteiger partial charge in [-0.15, -0.1) is 0 Å². The van der Waals surface area contributed by atoms with Gasteiger partial charge in [-0.3, -0.25) is 9.80 Å². The molecule has 3 heterocycles. The third-order valence-corrected chi connectivity index (χ3v) is 5.90. The van der Waals surface area contributed by atoms with Gasteiger partial charge in [0.1, 0.15) is 12.7 Å². The predicted octanol–water partition coefficient (Wildman–Crippen LogP) is 1.85. The minimum atomic E-state index is -0.416. The van der Waals surface area contributed by atoms with Crippen LogP contribution in [-0.2, 0) is 6.54 Å². The Morgan fingerprint density at radius 3 is 2.53 bits per heavy atom. The molecule has 0 aliphatic carbocycles. The summed E-state index contributed by atoms with van der Waals surface area (Å²) in [6.45, 7) is 6.55. The van der Waals surface area contributed by atoms with Crippen molar-refractivity contribution in [2.24, 2.45) is 0 Å². The number of ether oxygens (including phenoxy) is 2. The van der Waals surface area contributed by atoms with Crippen molar-refractivity contribution >= 4 is 11.0 Å². The smallest absolute Gasteiger partial charge is 0.161 e. The number of imidazole rings is 1. The van der Waals surface area contributed by atoms with Gasteiger partial charge in [-0.1, -0.05) is 24.3 Å². The van der Waals surface area contributed by atoms with Crippen molar-refractivity contribution in [2.45, 2.75) is 18.8 Å². The van der Waals surface area contributed by atoms with Crippen LogP contribution in [0.5, 0.6) is 11.5 Å². The van der Waals surface area contributed by atoms with Crippen molar-refractivity contribution in [3.8, 4) is 11.5 Å². The molecule has 0 amide bonds. The third-order valence-electron chi connectivity index (χ3n) is 5.90. The summed E-state index contributed by atoms with van der Waals surface area (Å²) in [5, 5.41) is 10.6. The summed E-state index contributed by atoms with van der Waals surface area (Å²) in [4.78, 5) is 9.17. The molecule has 0 bridgehead atoms. The molecule has 1 saturated heterocycles. The lowest BCUT2D eigenvalue weighted by Gasteiger charge is -2.38. The Bertz CT molecular complexity index is 983. The summed E-state index contributed by atoms with van der Waals surface area (Å²) in [7, 11) is 0. The molecule has 2 atom stereocenters. The molecule has 158 valence electrons. The highest BCUT2D eigenvalue weighted by molar-refractivity contribution is 5.74. The maximum Gasteiger partial charge on any atom is 0.161 e. The molecule has 0 spiro atoms. The molecule has 2 aliphatic heterocycles. The van der Waals surface area contributed by atoms with E-state index in [2.05, 4.69) is 14.8 Å². The van der Waals surface area contributed by atoms with Gasteiger partial charge in [-0.2, -0.15) is 0 Å². The van der Waals surface area contributed by atoms with Crippen LogP contribution >= 0.6 is 0 Å². The van der Waals surface area contributed by atoms with Gasteiger partial charge in [0, 0.05) is 39.3 Å². The first kappa shape index (κ1) is 19.4. The summed E-state index contributed by atoms with van der Waals surface area (Å²) in [6.07, 6.45) is 1.46. The lowest BCUT2D eigenvalue weighted by Crippen LogP contribution is -2.52. The fourth-order valence-corrected chi connectivity index (χ4v) is 4.33. The monoisotopic (exact) mass is 408 g/mol. The summed E-state index contributed by atoms with van der Waals surface area (Å²) < 4.78 is 14.0. The van der Waals surface area contributed by atoms with Crippen molar-refractivity contribution < 1.29 is 14.6 Å². The fourth-order valence-electron chi connectivity index (χ4n) is 4.33. The van der Waals surface area contributed by atoms with Crippen LogP contribution in [0.2, 0.25) is 0 Å². The van der Waals surface area contributed by atoms with Crippen molar-refractivity contribution in [3.05, 3.63) is 54.9 Å². The molecule has 2 unspecified atom stereocenters. The zero-order chi connectivity index (χ0) is 20.3. The van der Waals surface area contributed by atoms with Crippen LogP contribution in [0.1, 0.15) is 0 Å². The van der Waals surface area contributed by atoms with Gasteiger partial charge in [0.2, 0.25) is 0 Å². The van der Waals surface area contributed by atoms with Crippen LogP contribution in [0.3, 0.4) is 0 Å².